The lowest BCUT2D eigenvalue weighted by molar-refractivity contribution is 0.0749. The molecule has 0 saturated carbocycles. The number of rotatable bonds is 3. The third-order valence-corrected chi connectivity index (χ3v) is 2.91. The predicted octanol–water partition coefficient (Wildman–Crippen LogP) is -1.06. The van der Waals surface area contributed by atoms with Crippen molar-refractivity contribution in [2.24, 2.45) is 0 Å². The number of amides is 1. The zero-order valence-electron chi connectivity index (χ0n) is 9.67. The van der Waals surface area contributed by atoms with Crippen LogP contribution < -0.4 is 0 Å². The van der Waals surface area contributed by atoms with Gasteiger partial charge in [-0.15, -0.1) is 0 Å². The molecule has 1 aliphatic heterocycles. The Kier molecular flexibility index (Phi) is 4.05. The van der Waals surface area contributed by atoms with Gasteiger partial charge < -0.3 is 10.0 Å². The molecule has 2 rings (SSSR count). The topological polar surface area (TPSA) is 85.4 Å². The summed E-state index contributed by atoms with van der Waals surface area (Å²) in [6, 6.07) is 0. The van der Waals surface area contributed by atoms with Crippen molar-refractivity contribution in [3.05, 3.63) is 12.2 Å². The molecule has 1 amide bonds. The molecule has 17 heavy (non-hydrogen) atoms. The SMILES string of the molecule is O=C(c1ncn[nH]1)N1CCCN(CCO)CC1. The first-order valence-corrected chi connectivity index (χ1v) is 5.79. The Hall–Kier alpha value is -1.47. The maximum atomic E-state index is 12.0. The van der Waals surface area contributed by atoms with Gasteiger partial charge in [0.1, 0.15) is 6.33 Å². The molecule has 7 nitrogen and oxygen atoms in total. The highest BCUT2D eigenvalue weighted by Gasteiger charge is 2.21. The maximum absolute atomic E-state index is 12.0. The highest BCUT2D eigenvalue weighted by Crippen LogP contribution is 2.05. The molecule has 1 aliphatic rings. The fraction of sp³-hybridized carbons (Fsp3) is 0.700. The van der Waals surface area contributed by atoms with Crippen LogP contribution in [0.15, 0.2) is 6.33 Å². The van der Waals surface area contributed by atoms with Gasteiger partial charge in [-0.1, -0.05) is 0 Å². The van der Waals surface area contributed by atoms with Crippen LogP contribution in [0.25, 0.3) is 0 Å². The van der Waals surface area contributed by atoms with Crippen LogP contribution >= 0.6 is 0 Å². The van der Waals surface area contributed by atoms with Gasteiger partial charge in [0, 0.05) is 26.2 Å². The Morgan fingerprint density at radius 2 is 2.29 bits per heavy atom. The largest absolute Gasteiger partial charge is 0.395 e. The Morgan fingerprint density at radius 1 is 1.41 bits per heavy atom. The lowest BCUT2D eigenvalue weighted by atomic mass is 10.3. The minimum absolute atomic E-state index is 0.103. The second-order valence-electron chi connectivity index (χ2n) is 4.05. The molecule has 0 aliphatic carbocycles. The van der Waals surface area contributed by atoms with E-state index in [-0.39, 0.29) is 12.5 Å². The molecule has 0 radical (unpaired) electrons. The van der Waals surface area contributed by atoms with Crippen LogP contribution in [0.1, 0.15) is 17.0 Å². The van der Waals surface area contributed by atoms with E-state index in [1.54, 1.807) is 4.90 Å². The summed E-state index contributed by atoms with van der Waals surface area (Å²) in [7, 11) is 0. The highest BCUT2D eigenvalue weighted by molar-refractivity contribution is 5.90. The summed E-state index contributed by atoms with van der Waals surface area (Å²) in [6.07, 6.45) is 2.25. The second kappa shape index (κ2) is 5.74. The van der Waals surface area contributed by atoms with Gasteiger partial charge in [-0.3, -0.25) is 14.8 Å². The fourth-order valence-electron chi connectivity index (χ4n) is 2.00. The number of nitrogens with one attached hydrogen (secondary N) is 1. The van der Waals surface area contributed by atoms with Gasteiger partial charge in [0.05, 0.1) is 6.61 Å². The molecule has 1 fully saturated rings. The molecule has 1 saturated heterocycles. The summed E-state index contributed by atoms with van der Waals surface area (Å²) < 4.78 is 0. The molecular weight excluding hydrogens is 222 g/mol. The van der Waals surface area contributed by atoms with E-state index >= 15 is 0 Å². The molecule has 0 bridgehead atoms. The number of hydrogen-bond donors (Lipinski definition) is 2. The van der Waals surface area contributed by atoms with Crippen molar-refractivity contribution in [2.75, 3.05) is 39.3 Å². The van der Waals surface area contributed by atoms with E-state index < -0.39 is 0 Å². The van der Waals surface area contributed by atoms with E-state index in [1.807, 2.05) is 0 Å². The number of aliphatic hydroxyl groups excluding tert-OH is 1. The van der Waals surface area contributed by atoms with Crippen LogP contribution in [0.2, 0.25) is 0 Å². The first-order chi connectivity index (χ1) is 8.31. The number of aromatic amines is 1. The Morgan fingerprint density at radius 3 is 3.00 bits per heavy atom. The average molecular weight is 239 g/mol. The van der Waals surface area contributed by atoms with Crippen molar-refractivity contribution in [2.45, 2.75) is 6.42 Å². The van der Waals surface area contributed by atoms with Gasteiger partial charge >= 0.3 is 0 Å². The van der Waals surface area contributed by atoms with E-state index in [2.05, 4.69) is 20.1 Å². The van der Waals surface area contributed by atoms with Gasteiger partial charge in [-0.05, 0) is 13.0 Å². The highest BCUT2D eigenvalue weighted by atomic mass is 16.3. The number of carbonyl (C=O) groups excluding carboxylic acids is 1. The first-order valence-electron chi connectivity index (χ1n) is 5.79. The van der Waals surface area contributed by atoms with E-state index in [9.17, 15) is 4.79 Å². The number of aromatic nitrogens is 3. The minimum Gasteiger partial charge on any atom is -0.395 e. The van der Waals surface area contributed by atoms with E-state index in [0.717, 1.165) is 26.1 Å². The molecule has 0 aromatic carbocycles. The smallest absolute Gasteiger partial charge is 0.291 e. The molecule has 2 heterocycles. The number of β-amino-alcohol motifs (C(OH)–C–C–N with tert-alkyl or cyclic N) is 1. The normalized spacial score (nSPS) is 18.1. The molecule has 7 heteroatoms. The van der Waals surface area contributed by atoms with Crippen molar-refractivity contribution >= 4 is 5.91 Å². The molecular formula is C10H17N5O2. The van der Waals surface area contributed by atoms with Crippen molar-refractivity contribution in [1.82, 2.24) is 25.0 Å². The standard InChI is InChI=1S/C10H17N5O2/c16-7-6-14-2-1-3-15(5-4-14)10(17)9-11-8-12-13-9/h8,16H,1-7H2,(H,11,12,13). The lowest BCUT2D eigenvalue weighted by Crippen LogP contribution is -2.36. The number of nitrogens with zero attached hydrogens (tertiary/aromatic N) is 4. The Balaban J connectivity index is 1.92. The summed E-state index contributed by atoms with van der Waals surface area (Å²) in [6.45, 7) is 3.93. The van der Waals surface area contributed by atoms with E-state index in [1.165, 1.54) is 6.33 Å². The monoisotopic (exact) mass is 239 g/mol. The quantitative estimate of drug-likeness (QED) is 0.702. The van der Waals surface area contributed by atoms with Crippen LogP contribution in [0, 0.1) is 0 Å². The molecule has 0 unspecified atom stereocenters. The molecule has 2 N–H and O–H groups in total. The van der Waals surface area contributed by atoms with Gasteiger partial charge in [0.25, 0.3) is 5.91 Å². The van der Waals surface area contributed by atoms with Gasteiger partial charge in [0.2, 0.25) is 5.82 Å². The number of aliphatic hydroxyl groups is 1. The van der Waals surface area contributed by atoms with Crippen molar-refractivity contribution in [3.63, 3.8) is 0 Å². The molecule has 1 aromatic rings. The van der Waals surface area contributed by atoms with Gasteiger partial charge in [-0.2, -0.15) is 5.10 Å². The summed E-state index contributed by atoms with van der Waals surface area (Å²) >= 11 is 0. The average Bonchev–Trinajstić information content (AvgIpc) is 2.76. The van der Waals surface area contributed by atoms with E-state index in [4.69, 9.17) is 5.11 Å². The predicted molar refractivity (Wildman–Crippen MR) is 60.4 cm³/mol. The first kappa shape index (κ1) is 12.0. The van der Waals surface area contributed by atoms with Crippen LogP contribution in [0.3, 0.4) is 0 Å². The molecule has 94 valence electrons. The van der Waals surface area contributed by atoms with Gasteiger partial charge in [-0.25, -0.2) is 4.98 Å². The number of H-pyrrole nitrogens is 1. The summed E-state index contributed by atoms with van der Waals surface area (Å²) in [4.78, 5) is 19.8. The zero-order chi connectivity index (χ0) is 12.1. The minimum atomic E-state index is -0.103. The van der Waals surface area contributed by atoms with Crippen molar-refractivity contribution in [3.8, 4) is 0 Å². The summed E-state index contributed by atoms with van der Waals surface area (Å²) in [5, 5.41) is 15.2. The zero-order valence-corrected chi connectivity index (χ0v) is 9.67. The lowest BCUT2D eigenvalue weighted by Gasteiger charge is -2.20. The van der Waals surface area contributed by atoms with Crippen LogP contribution in [0.4, 0.5) is 0 Å². The third-order valence-electron chi connectivity index (χ3n) is 2.91. The Bertz CT molecular complexity index is 354. The number of carbonyl (C=O) groups is 1. The van der Waals surface area contributed by atoms with Crippen molar-refractivity contribution < 1.29 is 9.90 Å². The van der Waals surface area contributed by atoms with Crippen LogP contribution in [0.5, 0.6) is 0 Å². The second-order valence-corrected chi connectivity index (χ2v) is 4.05. The molecule has 0 atom stereocenters. The Labute approximate surface area is 99.4 Å². The molecule has 1 aromatic heterocycles. The van der Waals surface area contributed by atoms with E-state index in [0.29, 0.717) is 18.9 Å². The van der Waals surface area contributed by atoms with Crippen molar-refractivity contribution in [1.29, 1.82) is 0 Å². The summed E-state index contributed by atoms with van der Waals surface area (Å²) in [5.74, 6) is 0.189. The third kappa shape index (κ3) is 3.01. The maximum Gasteiger partial charge on any atom is 0.291 e. The fourth-order valence-corrected chi connectivity index (χ4v) is 2.00. The van der Waals surface area contributed by atoms with Crippen LogP contribution in [-0.4, -0.2) is 75.3 Å². The van der Waals surface area contributed by atoms with Crippen LogP contribution in [-0.2, 0) is 0 Å². The number of hydrogen-bond acceptors (Lipinski definition) is 5. The van der Waals surface area contributed by atoms with Gasteiger partial charge in [0.15, 0.2) is 0 Å². The summed E-state index contributed by atoms with van der Waals surface area (Å²) in [5.41, 5.74) is 0. The molecule has 0 spiro atoms.